The van der Waals surface area contributed by atoms with E-state index in [0.29, 0.717) is 43.5 Å². The van der Waals surface area contributed by atoms with Crippen molar-refractivity contribution in [2.75, 3.05) is 25.6 Å². The van der Waals surface area contributed by atoms with Gasteiger partial charge in [-0.1, -0.05) is 0 Å². The van der Waals surface area contributed by atoms with Crippen LogP contribution in [0.5, 0.6) is 0 Å². The first-order valence-corrected chi connectivity index (χ1v) is 7.12. The summed E-state index contributed by atoms with van der Waals surface area (Å²) in [5.41, 5.74) is 6.44. The number of rotatable bonds is 4. The molecule has 6 nitrogen and oxygen atoms in total. The Morgan fingerprint density at radius 1 is 1.50 bits per heavy atom. The summed E-state index contributed by atoms with van der Waals surface area (Å²) in [6.45, 7) is 1.06. The molecule has 20 heavy (non-hydrogen) atoms. The molecule has 0 radical (unpaired) electrons. The summed E-state index contributed by atoms with van der Waals surface area (Å²) in [4.78, 5) is 12.5. The Balaban J connectivity index is 1.78. The molecule has 4 N–H and O–H groups in total. The Labute approximate surface area is 117 Å². The van der Waals surface area contributed by atoms with Crippen LogP contribution in [0.15, 0.2) is 12.3 Å². The fraction of sp³-hybridized carbons (Fsp3) is 0.643. The third-order valence-corrected chi connectivity index (χ3v) is 4.17. The normalized spacial score (nSPS) is 21.6. The fourth-order valence-corrected chi connectivity index (χ4v) is 2.73. The second-order valence-corrected chi connectivity index (χ2v) is 5.80. The van der Waals surface area contributed by atoms with E-state index in [9.17, 15) is 9.90 Å². The molecule has 3 rings (SSSR count). The fourth-order valence-electron chi connectivity index (χ4n) is 2.73. The van der Waals surface area contributed by atoms with Crippen molar-refractivity contribution in [3.05, 3.63) is 18.0 Å². The van der Waals surface area contributed by atoms with Gasteiger partial charge in [0.15, 0.2) is 0 Å². The van der Waals surface area contributed by atoms with Gasteiger partial charge in [0, 0.05) is 25.5 Å². The topological polar surface area (TPSA) is 89.5 Å². The van der Waals surface area contributed by atoms with E-state index >= 15 is 0 Å². The molecule has 0 atom stereocenters. The lowest BCUT2D eigenvalue weighted by Gasteiger charge is -2.36. The zero-order valence-corrected chi connectivity index (χ0v) is 11.5. The zero-order chi connectivity index (χ0) is 14.2. The number of hydrogen-bond acceptors (Lipinski definition) is 4. The molecular formula is C14H21N3O3. The SMILES string of the molecule is Nc1cc(C(=O)NC2(CO)CCOCC2)n(C2CC2)c1. The summed E-state index contributed by atoms with van der Waals surface area (Å²) in [5.74, 6) is -0.162. The summed E-state index contributed by atoms with van der Waals surface area (Å²) < 4.78 is 7.26. The van der Waals surface area contributed by atoms with Gasteiger partial charge in [0.1, 0.15) is 5.69 Å². The van der Waals surface area contributed by atoms with Crippen molar-refractivity contribution < 1.29 is 14.6 Å². The third-order valence-electron chi connectivity index (χ3n) is 4.17. The molecule has 2 heterocycles. The average Bonchev–Trinajstić information content (AvgIpc) is 3.22. The molecule has 0 unspecified atom stereocenters. The van der Waals surface area contributed by atoms with E-state index in [-0.39, 0.29) is 12.5 Å². The smallest absolute Gasteiger partial charge is 0.268 e. The van der Waals surface area contributed by atoms with Gasteiger partial charge in [-0.2, -0.15) is 0 Å². The van der Waals surface area contributed by atoms with Gasteiger partial charge in [0.25, 0.3) is 5.91 Å². The third kappa shape index (κ3) is 2.53. The Kier molecular flexibility index (Phi) is 3.43. The number of aliphatic hydroxyl groups excluding tert-OH is 1. The van der Waals surface area contributed by atoms with Gasteiger partial charge in [-0.25, -0.2) is 0 Å². The van der Waals surface area contributed by atoms with E-state index in [0.717, 1.165) is 12.8 Å². The number of aromatic nitrogens is 1. The quantitative estimate of drug-likeness (QED) is 0.756. The van der Waals surface area contributed by atoms with Crippen molar-refractivity contribution in [2.24, 2.45) is 0 Å². The summed E-state index contributed by atoms with van der Waals surface area (Å²) in [5, 5.41) is 12.6. The number of nitrogen functional groups attached to an aromatic ring is 1. The Morgan fingerprint density at radius 2 is 2.20 bits per heavy atom. The molecular weight excluding hydrogens is 258 g/mol. The van der Waals surface area contributed by atoms with Crippen LogP contribution in [0.4, 0.5) is 5.69 Å². The van der Waals surface area contributed by atoms with Gasteiger partial charge in [0.2, 0.25) is 0 Å². The molecule has 6 heteroatoms. The van der Waals surface area contributed by atoms with E-state index in [1.54, 1.807) is 6.07 Å². The predicted molar refractivity (Wildman–Crippen MR) is 74.5 cm³/mol. The highest BCUT2D eigenvalue weighted by atomic mass is 16.5. The molecule has 0 spiro atoms. The van der Waals surface area contributed by atoms with Crippen molar-refractivity contribution in [2.45, 2.75) is 37.3 Å². The molecule has 1 aromatic heterocycles. The van der Waals surface area contributed by atoms with Crippen LogP contribution in [0, 0.1) is 0 Å². The van der Waals surface area contributed by atoms with Gasteiger partial charge >= 0.3 is 0 Å². The molecule has 0 bridgehead atoms. The zero-order valence-electron chi connectivity index (χ0n) is 11.5. The van der Waals surface area contributed by atoms with Crippen molar-refractivity contribution in [1.82, 2.24) is 9.88 Å². The highest BCUT2D eigenvalue weighted by Gasteiger charge is 2.35. The first-order valence-electron chi connectivity index (χ1n) is 7.12. The Morgan fingerprint density at radius 3 is 2.80 bits per heavy atom. The van der Waals surface area contributed by atoms with Crippen LogP contribution in [0.1, 0.15) is 42.2 Å². The van der Waals surface area contributed by atoms with Crippen LogP contribution >= 0.6 is 0 Å². The van der Waals surface area contributed by atoms with E-state index in [1.807, 2.05) is 10.8 Å². The number of amides is 1. The van der Waals surface area contributed by atoms with Crippen molar-refractivity contribution in [3.63, 3.8) is 0 Å². The molecule has 1 aliphatic heterocycles. The van der Waals surface area contributed by atoms with E-state index in [2.05, 4.69) is 5.32 Å². The molecule has 1 saturated carbocycles. The lowest BCUT2D eigenvalue weighted by atomic mass is 9.91. The highest BCUT2D eigenvalue weighted by Crippen LogP contribution is 2.37. The standard InChI is InChI=1S/C14H21N3O3/c15-10-7-12(17(8-10)11-1-2-11)13(19)16-14(9-18)3-5-20-6-4-14/h7-8,11,18H,1-6,9,15H2,(H,16,19). The summed E-state index contributed by atoms with van der Waals surface area (Å²) in [6.07, 6.45) is 5.27. The summed E-state index contributed by atoms with van der Waals surface area (Å²) in [7, 11) is 0. The van der Waals surface area contributed by atoms with Crippen LogP contribution in [0.3, 0.4) is 0 Å². The molecule has 2 fully saturated rings. The largest absolute Gasteiger partial charge is 0.397 e. The maximum absolute atomic E-state index is 12.5. The molecule has 110 valence electrons. The molecule has 0 aromatic carbocycles. The summed E-state index contributed by atoms with van der Waals surface area (Å²) in [6, 6.07) is 2.10. The monoisotopic (exact) mass is 279 g/mol. The summed E-state index contributed by atoms with van der Waals surface area (Å²) >= 11 is 0. The number of carbonyl (C=O) groups excluding carboxylic acids is 1. The minimum Gasteiger partial charge on any atom is -0.397 e. The van der Waals surface area contributed by atoms with Gasteiger partial charge in [-0.05, 0) is 31.7 Å². The number of carbonyl (C=O) groups is 1. The molecule has 2 aliphatic rings. The number of nitrogens with one attached hydrogen (secondary N) is 1. The van der Waals surface area contributed by atoms with Crippen LogP contribution < -0.4 is 11.1 Å². The van der Waals surface area contributed by atoms with Gasteiger partial charge in [-0.3, -0.25) is 4.79 Å². The Bertz CT molecular complexity index is 502. The molecule has 1 aromatic rings. The minimum absolute atomic E-state index is 0.0677. The van der Waals surface area contributed by atoms with Crippen molar-refractivity contribution in [1.29, 1.82) is 0 Å². The minimum atomic E-state index is -0.567. The Hall–Kier alpha value is -1.53. The highest BCUT2D eigenvalue weighted by molar-refractivity contribution is 5.94. The van der Waals surface area contributed by atoms with E-state index < -0.39 is 5.54 Å². The number of nitrogens with zero attached hydrogens (tertiary/aromatic N) is 1. The van der Waals surface area contributed by atoms with E-state index in [1.165, 1.54) is 0 Å². The number of hydrogen-bond donors (Lipinski definition) is 3. The van der Waals surface area contributed by atoms with Gasteiger partial charge in [-0.15, -0.1) is 0 Å². The lowest BCUT2D eigenvalue weighted by molar-refractivity contribution is 0.0123. The number of nitrogens with two attached hydrogens (primary N) is 1. The van der Waals surface area contributed by atoms with Crippen molar-refractivity contribution in [3.8, 4) is 0 Å². The van der Waals surface area contributed by atoms with Crippen LogP contribution in [0.25, 0.3) is 0 Å². The van der Waals surface area contributed by atoms with Crippen LogP contribution in [-0.2, 0) is 4.74 Å². The second kappa shape index (κ2) is 5.10. The van der Waals surface area contributed by atoms with Gasteiger partial charge in [0.05, 0.1) is 17.8 Å². The molecule has 1 saturated heterocycles. The van der Waals surface area contributed by atoms with Crippen LogP contribution in [0.2, 0.25) is 0 Å². The lowest BCUT2D eigenvalue weighted by Crippen LogP contribution is -2.54. The number of aliphatic hydroxyl groups is 1. The number of anilines is 1. The van der Waals surface area contributed by atoms with Crippen LogP contribution in [-0.4, -0.2) is 40.9 Å². The molecule has 1 amide bonds. The average molecular weight is 279 g/mol. The molecule has 1 aliphatic carbocycles. The second-order valence-electron chi connectivity index (χ2n) is 5.80. The van der Waals surface area contributed by atoms with Crippen molar-refractivity contribution >= 4 is 11.6 Å². The first-order chi connectivity index (χ1) is 9.63. The maximum atomic E-state index is 12.5. The first kappa shape index (κ1) is 13.5. The number of ether oxygens (including phenoxy) is 1. The predicted octanol–water partition coefficient (Wildman–Crippen LogP) is 0.676. The van der Waals surface area contributed by atoms with Gasteiger partial charge < -0.3 is 25.5 Å². The maximum Gasteiger partial charge on any atom is 0.268 e. The van der Waals surface area contributed by atoms with E-state index in [4.69, 9.17) is 10.5 Å².